The van der Waals surface area contributed by atoms with Crippen molar-refractivity contribution < 1.29 is 9.59 Å². The summed E-state index contributed by atoms with van der Waals surface area (Å²) in [4.78, 5) is 21.6. The van der Waals surface area contributed by atoms with Crippen molar-refractivity contribution in [2.24, 2.45) is 0 Å². The molecule has 0 radical (unpaired) electrons. The fraction of sp³-hybridized carbons (Fsp3) is 0.714. The summed E-state index contributed by atoms with van der Waals surface area (Å²) in [6.07, 6.45) is 0.246. The van der Waals surface area contributed by atoms with E-state index in [1.165, 1.54) is 6.92 Å². The standard InChI is InChI=1S/C7H14N2O2/c1-5(10)4-6(8-2)7(11)9-3/h6,8H,4H2,1-3H3,(H,9,11)/t6-/m0/s1. The second kappa shape index (κ2) is 4.85. The van der Waals surface area contributed by atoms with E-state index >= 15 is 0 Å². The molecular weight excluding hydrogens is 144 g/mol. The highest BCUT2D eigenvalue weighted by Crippen LogP contribution is 1.91. The number of likely N-dealkylation sites (N-methyl/N-ethyl adjacent to an activating group) is 2. The topological polar surface area (TPSA) is 58.2 Å². The van der Waals surface area contributed by atoms with E-state index in [-0.39, 0.29) is 18.1 Å². The number of rotatable bonds is 4. The summed E-state index contributed by atoms with van der Waals surface area (Å²) in [5.74, 6) is -0.143. The molecule has 0 saturated heterocycles. The van der Waals surface area contributed by atoms with Crippen molar-refractivity contribution in [3.05, 3.63) is 0 Å². The van der Waals surface area contributed by atoms with Crippen LogP contribution in [0.2, 0.25) is 0 Å². The van der Waals surface area contributed by atoms with Crippen molar-refractivity contribution in [2.45, 2.75) is 19.4 Å². The Kier molecular flexibility index (Phi) is 4.45. The Balaban J connectivity index is 3.94. The number of ketones is 1. The lowest BCUT2D eigenvalue weighted by Crippen LogP contribution is -2.42. The SMILES string of the molecule is CNC(=O)[C@H](CC(C)=O)NC. The van der Waals surface area contributed by atoms with Gasteiger partial charge in [-0.15, -0.1) is 0 Å². The van der Waals surface area contributed by atoms with E-state index < -0.39 is 6.04 Å². The molecule has 0 aromatic heterocycles. The molecular formula is C7H14N2O2. The minimum atomic E-state index is -0.391. The molecule has 4 heteroatoms. The zero-order chi connectivity index (χ0) is 8.85. The molecule has 11 heavy (non-hydrogen) atoms. The first kappa shape index (κ1) is 10.1. The van der Waals surface area contributed by atoms with E-state index in [2.05, 4.69) is 10.6 Å². The molecule has 0 saturated carbocycles. The summed E-state index contributed by atoms with van der Waals surface area (Å²) in [7, 11) is 3.20. The van der Waals surface area contributed by atoms with E-state index in [1.54, 1.807) is 14.1 Å². The quantitative estimate of drug-likeness (QED) is 0.568. The first-order valence-corrected chi connectivity index (χ1v) is 3.50. The van der Waals surface area contributed by atoms with Crippen LogP contribution in [0.1, 0.15) is 13.3 Å². The fourth-order valence-corrected chi connectivity index (χ4v) is 0.788. The Labute approximate surface area is 66.4 Å². The van der Waals surface area contributed by atoms with Crippen LogP contribution >= 0.6 is 0 Å². The Bertz CT molecular complexity index is 157. The molecule has 1 amide bonds. The summed E-state index contributed by atoms with van der Waals surface area (Å²) in [5.41, 5.74) is 0. The van der Waals surface area contributed by atoms with Gasteiger partial charge in [-0.25, -0.2) is 0 Å². The van der Waals surface area contributed by atoms with Gasteiger partial charge in [-0.3, -0.25) is 9.59 Å². The summed E-state index contributed by atoms with van der Waals surface area (Å²) in [6, 6.07) is -0.391. The van der Waals surface area contributed by atoms with Gasteiger partial charge < -0.3 is 10.6 Å². The maximum atomic E-state index is 11.0. The van der Waals surface area contributed by atoms with Crippen LogP contribution in [0, 0.1) is 0 Å². The molecule has 0 aromatic rings. The third-order valence-electron chi connectivity index (χ3n) is 1.40. The highest BCUT2D eigenvalue weighted by atomic mass is 16.2. The lowest BCUT2D eigenvalue weighted by molar-refractivity contribution is -0.126. The summed E-state index contributed by atoms with van der Waals surface area (Å²) in [5, 5.41) is 5.22. The molecule has 0 spiro atoms. The zero-order valence-corrected chi connectivity index (χ0v) is 7.10. The molecule has 4 nitrogen and oxygen atoms in total. The second-order valence-corrected chi connectivity index (χ2v) is 2.36. The Morgan fingerprint density at radius 1 is 1.36 bits per heavy atom. The van der Waals surface area contributed by atoms with E-state index in [0.717, 1.165) is 0 Å². The number of hydrogen-bond donors (Lipinski definition) is 2. The predicted molar refractivity (Wildman–Crippen MR) is 42.2 cm³/mol. The average Bonchev–Trinajstić information content (AvgIpc) is 1.98. The maximum Gasteiger partial charge on any atom is 0.237 e. The van der Waals surface area contributed by atoms with Crippen molar-refractivity contribution in [3.8, 4) is 0 Å². The maximum absolute atomic E-state index is 11.0. The zero-order valence-electron chi connectivity index (χ0n) is 7.10. The minimum Gasteiger partial charge on any atom is -0.358 e. The van der Waals surface area contributed by atoms with Gasteiger partial charge in [0.2, 0.25) is 5.91 Å². The summed E-state index contributed by atoms with van der Waals surface area (Å²) in [6.45, 7) is 1.47. The van der Waals surface area contributed by atoms with Gasteiger partial charge in [-0.05, 0) is 14.0 Å². The monoisotopic (exact) mass is 158 g/mol. The van der Waals surface area contributed by atoms with E-state index in [4.69, 9.17) is 0 Å². The molecule has 0 unspecified atom stereocenters. The van der Waals surface area contributed by atoms with Gasteiger partial charge in [-0.2, -0.15) is 0 Å². The first-order valence-electron chi connectivity index (χ1n) is 3.50. The molecule has 0 aliphatic carbocycles. The molecule has 1 atom stereocenters. The molecule has 0 rings (SSSR count). The minimum absolute atomic E-state index is 0.00736. The largest absolute Gasteiger partial charge is 0.358 e. The van der Waals surface area contributed by atoms with Crippen LogP contribution in [-0.2, 0) is 9.59 Å². The molecule has 0 bridgehead atoms. The predicted octanol–water partition coefficient (Wildman–Crippen LogP) is -0.701. The number of nitrogens with one attached hydrogen (secondary N) is 2. The van der Waals surface area contributed by atoms with Gasteiger partial charge in [0.25, 0.3) is 0 Å². The van der Waals surface area contributed by atoms with Crippen LogP contribution in [-0.4, -0.2) is 31.8 Å². The third-order valence-corrected chi connectivity index (χ3v) is 1.40. The second-order valence-electron chi connectivity index (χ2n) is 2.36. The number of carbonyl (C=O) groups is 2. The summed E-state index contributed by atoms with van der Waals surface area (Å²) >= 11 is 0. The molecule has 2 N–H and O–H groups in total. The van der Waals surface area contributed by atoms with Crippen molar-refractivity contribution >= 4 is 11.7 Å². The van der Waals surface area contributed by atoms with Gasteiger partial charge >= 0.3 is 0 Å². The first-order chi connectivity index (χ1) is 5.11. The van der Waals surface area contributed by atoms with Gasteiger partial charge in [0.1, 0.15) is 5.78 Å². The normalized spacial score (nSPS) is 12.3. The van der Waals surface area contributed by atoms with E-state index in [1.807, 2.05) is 0 Å². The summed E-state index contributed by atoms with van der Waals surface area (Å²) < 4.78 is 0. The number of Topliss-reactive ketones (excluding diaryl/α,β-unsaturated/α-hetero) is 1. The van der Waals surface area contributed by atoms with Crippen molar-refractivity contribution in [1.82, 2.24) is 10.6 Å². The average molecular weight is 158 g/mol. The number of hydrogen-bond acceptors (Lipinski definition) is 3. The van der Waals surface area contributed by atoms with Crippen molar-refractivity contribution in [2.75, 3.05) is 14.1 Å². The molecule has 0 heterocycles. The third kappa shape index (κ3) is 3.72. The molecule has 0 aromatic carbocycles. The Morgan fingerprint density at radius 3 is 2.18 bits per heavy atom. The molecule has 0 aliphatic rings. The Morgan fingerprint density at radius 2 is 1.91 bits per heavy atom. The van der Waals surface area contributed by atoms with Gasteiger partial charge in [-0.1, -0.05) is 0 Å². The number of amides is 1. The van der Waals surface area contributed by atoms with Crippen molar-refractivity contribution in [3.63, 3.8) is 0 Å². The lowest BCUT2D eigenvalue weighted by Gasteiger charge is -2.11. The van der Waals surface area contributed by atoms with Crippen LogP contribution in [0.15, 0.2) is 0 Å². The Hall–Kier alpha value is -0.900. The van der Waals surface area contributed by atoms with Crippen LogP contribution in [0.3, 0.4) is 0 Å². The van der Waals surface area contributed by atoms with E-state index in [0.29, 0.717) is 0 Å². The van der Waals surface area contributed by atoms with Crippen LogP contribution < -0.4 is 10.6 Å². The van der Waals surface area contributed by atoms with Crippen LogP contribution in [0.5, 0.6) is 0 Å². The highest BCUT2D eigenvalue weighted by molar-refractivity contribution is 5.87. The smallest absolute Gasteiger partial charge is 0.237 e. The van der Waals surface area contributed by atoms with Crippen molar-refractivity contribution in [1.29, 1.82) is 0 Å². The fourth-order valence-electron chi connectivity index (χ4n) is 0.788. The van der Waals surface area contributed by atoms with Crippen LogP contribution in [0.25, 0.3) is 0 Å². The van der Waals surface area contributed by atoms with Gasteiger partial charge in [0, 0.05) is 13.5 Å². The molecule has 0 aliphatic heterocycles. The molecule has 64 valence electrons. The number of carbonyl (C=O) groups excluding carboxylic acids is 2. The van der Waals surface area contributed by atoms with E-state index in [9.17, 15) is 9.59 Å². The lowest BCUT2D eigenvalue weighted by atomic mass is 10.1. The van der Waals surface area contributed by atoms with Crippen LogP contribution in [0.4, 0.5) is 0 Å². The van der Waals surface area contributed by atoms with Gasteiger partial charge in [0.05, 0.1) is 6.04 Å². The van der Waals surface area contributed by atoms with Gasteiger partial charge in [0.15, 0.2) is 0 Å². The molecule has 0 fully saturated rings. The highest BCUT2D eigenvalue weighted by Gasteiger charge is 2.15.